The fourth-order valence-electron chi connectivity index (χ4n) is 2.57. The van der Waals surface area contributed by atoms with Crippen molar-refractivity contribution >= 4 is 23.1 Å². The molecule has 0 spiro atoms. The molecule has 144 valence electrons. The molecule has 28 heavy (non-hydrogen) atoms. The standard InChI is InChI=1S/C20H17F3N4O/c1-2-13-6-3-4-9-16(13)27-18-12-24-17(11-25-18)19(28)26-15-8-5-7-14(10-15)20(21,22)23/h3-12H,2H2,1H3,(H,25,27)(H,26,28). The number of aryl methyl sites for hydroxylation is 1. The second-order valence-corrected chi connectivity index (χ2v) is 5.96. The maximum atomic E-state index is 12.8. The molecule has 1 aromatic heterocycles. The number of benzene rings is 2. The maximum Gasteiger partial charge on any atom is 0.416 e. The average Bonchev–Trinajstić information content (AvgIpc) is 2.68. The molecule has 0 atom stereocenters. The van der Waals surface area contributed by atoms with E-state index in [1.165, 1.54) is 24.5 Å². The molecule has 1 heterocycles. The smallest absolute Gasteiger partial charge is 0.339 e. The molecule has 8 heteroatoms. The molecule has 2 aromatic carbocycles. The van der Waals surface area contributed by atoms with Gasteiger partial charge in [0.25, 0.3) is 5.91 Å². The van der Waals surface area contributed by atoms with Crippen LogP contribution in [0.5, 0.6) is 0 Å². The minimum Gasteiger partial charge on any atom is -0.339 e. The fourth-order valence-corrected chi connectivity index (χ4v) is 2.57. The Labute approximate surface area is 159 Å². The summed E-state index contributed by atoms with van der Waals surface area (Å²) in [5.74, 6) is -0.191. The molecule has 1 amide bonds. The summed E-state index contributed by atoms with van der Waals surface area (Å²) in [6.45, 7) is 2.04. The molecule has 0 aliphatic heterocycles. The van der Waals surface area contributed by atoms with E-state index in [4.69, 9.17) is 0 Å². The van der Waals surface area contributed by atoms with Crippen LogP contribution in [-0.2, 0) is 12.6 Å². The zero-order chi connectivity index (χ0) is 20.1. The van der Waals surface area contributed by atoms with Crippen LogP contribution in [0.4, 0.5) is 30.4 Å². The summed E-state index contributed by atoms with van der Waals surface area (Å²) >= 11 is 0. The zero-order valence-corrected chi connectivity index (χ0v) is 14.9. The van der Waals surface area contributed by atoms with Crippen molar-refractivity contribution in [3.05, 3.63) is 77.7 Å². The number of carbonyl (C=O) groups is 1. The minimum atomic E-state index is -4.48. The van der Waals surface area contributed by atoms with E-state index in [1.807, 2.05) is 31.2 Å². The van der Waals surface area contributed by atoms with Gasteiger partial charge in [-0.3, -0.25) is 4.79 Å². The molecule has 0 saturated carbocycles. The largest absolute Gasteiger partial charge is 0.416 e. The van der Waals surface area contributed by atoms with Gasteiger partial charge in [0.05, 0.1) is 18.0 Å². The Kier molecular flexibility index (Phi) is 5.58. The summed E-state index contributed by atoms with van der Waals surface area (Å²) in [7, 11) is 0. The van der Waals surface area contributed by atoms with Crippen molar-refractivity contribution < 1.29 is 18.0 Å². The van der Waals surface area contributed by atoms with Crippen LogP contribution in [0.2, 0.25) is 0 Å². The number of aromatic nitrogens is 2. The van der Waals surface area contributed by atoms with Crippen LogP contribution in [0.1, 0.15) is 28.5 Å². The molecule has 0 aliphatic rings. The fraction of sp³-hybridized carbons (Fsp3) is 0.150. The maximum absolute atomic E-state index is 12.8. The lowest BCUT2D eigenvalue weighted by Gasteiger charge is -2.11. The van der Waals surface area contributed by atoms with Crippen molar-refractivity contribution in [1.82, 2.24) is 9.97 Å². The first-order valence-electron chi connectivity index (χ1n) is 8.52. The van der Waals surface area contributed by atoms with Crippen molar-refractivity contribution in [3.63, 3.8) is 0 Å². The second kappa shape index (κ2) is 8.08. The number of halogens is 3. The Balaban J connectivity index is 1.70. The van der Waals surface area contributed by atoms with E-state index in [2.05, 4.69) is 20.6 Å². The molecule has 5 nitrogen and oxygen atoms in total. The first-order valence-corrected chi connectivity index (χ1v) is 8.52. The van der Waals surface area contributed by atoms with Crippen molar-refractivity contribution in [2.75, 3.05) is 10.6 Å². The van der Waals surface area contributed by atoms with E-state index in [0.29, 0.717) is 5.82 Å². The first-order chi connectivity index (χ1) is 13.4. The Bertz CT molecular complexity index is 972. The van der Waals surface area contributed by atoms with Crippen LogP contribution in [0, 0.1) is 0 Å². The van der Waals surface area contributed by atoms with Gasteiger partial charge in [0, 0.05) is 11.4 Å². The second-order valence-electron chi connectivity index (χ2n) is 5.96. The lowest BCUT2D eigenvalue weighted by atomic mass is 10.1. The van der Waals surface area contributed by atoms with Gasteiger partial charge in [-0.2, -0.15) is 13.2 Å². The van der Waals surface area contributed by atoms with Gasteiger partial charge in [0.15, 0.2) is 0 Å². The van der Waals surface area contributed by atoms with Crippen LogP contribution in [0.25, 0.3) is 0 Å². The van der Waals surface area contributed by atoms with E-state index in [1.54, 1.807) is 0 Å². The number of anilines is 3. The summed E-state index contributed by atoms with van der Waals surface area (Å²) in [5, 5.41) is 5.53. The Morgan fingerprint density at radius 3 is 2.50 bits per heavy atom. The predicted octanol–water partition coefficient (Wildman–Crippen LogP) is 5.05. The lowest BCUT2D eigenvalue weighted by molar-refractivity contribution is -0.137. The minimum absolute atomic E-state index is 0.00765. The molecule has 0 bridgehead atoms. The van der Waals surface area contributed by atoms with Crippen molar-refractivity contribution in [1.29, 1.82) is 0 Å². The predicted molar refractivity (Wildman–Crippen MR) is 101 cm³/mol. The number of rotatable bonds is 5. The molecule has 0 saturated heterocycles. The number of nitrogens with zero attached hydrogens (tertiary/aromatic N) is 2. The van der Waals surface area contributed by atoms with Crippen LogP contribution in [0.3, 0.4) is 0 Å². The van der Waals surface area contributed by atoms with E-state index >= 15 is 0 Å². The van der Waals surface area contributed by atoms with Gasteiger partial charge >= 0.3 is 6.18 Å². The van der Waals surface area contributed by atoms with Crippen LogP contribution in [-0.4, -0.2) is 15.9 Å². The number of amides is 1. The van der Waals surface area contributed by atoms with Gasteiger partial charge in [-0.05, 0) is 36.2 Å². The van der Waals surface area contributed by atoms with Crippen molar-refractivity contribution in [3.8, 4) is 0 Å². The van der Waals surface area contributed by atoms with Crippen molar-refractivity contribution in [2.45, 2.75) is 19.5 Å². The molecular weight excluding hydrogens is 369 g/mol. The monoisotopic (exact) mass is 386 g/mol. The molecule has 0 aliphatic carbocycles. The summed E-state index contributed by atoms with van der Waals surface area (Å²) < 4.78 is 38.3. The van der Waals surface area contributed by atoms with Gasteiger partial charge in [0.2, 0.25) is 0 Å². The quantitative estimate of drug-likeness (QED) is 0.644. The van der Waals surface area contributed by atoms with Crippen LogP contribution in [0.15, 0.2) is 60.9 Å². The summed E-state index contributed by atoms with van der Waals surface area (Å²) in [6, 6.07) is 12.1. The highest BCUT2D eigenvalue weighted by Gasteiger charge is 2.30. The number of alkyl halides is 3. The van der Waals surface area contributed by atoms with E-state index in [-0.39, 0.29) is 11.4 Å². The van der Waals surface area contributed by atoms with Gasteiger partial charge in [-0.15, -0.1) is 0 Å². The Morgan fingerprint density at radius 1 is 1.04 bits per heavy atom. The van der Waals surface area contributed by atoms with Crippen LogP contribution >= 0.6 is 0 Å². The highest BCUT2D eigenvalue weighted by Crippen LogP contribution is 2.30. The highest BCUT2D eigenvalue weighted by atomic mass is 19.4. The number of para-hydroxylation sites is 1. The summed E-state index contributed by atoms with van der Waals surface area (Å²) in [4.78, 5) is 20.4. The van der Waals surface area contributed by atoms with Gasteiger partial charge in [-0.25, -0.2) is 9.97 Å². The number of hydrogen-bond donors (Lipinski definition) is 2. The molecule has 0 unspecified atom stereocenters. The van der Waals surface area contributed by atoms with E-state index in [9.17, 15) is 18.0 Å². The SMILES string of the molecule is CCc1ccccc1Nc1cnc(C(=O)Nc2cccc(C(F)(F)F)c2)cn1. The Hall–Kier alpha value is -3.42. The normalized spacial score (nSPS) is 11.1. The van der Waals surface area contributed by atoms with E-state index in [0.717, 1.165) is 29.8 Å². The molecule has 0 radical (unpaired) electrons. The average molecular weight is 386 g/mol. The molecular formula is C20H17F3N4O. The molecule has 3 aromatic rings. The zero-order valence-electron chi connectivity index (χ0n) is 14.9. The number of nitrogens with one attached hydrogen (secondary N) is 2. The third-order valence-electron chi connectivity index (χ3n) is 3.99. The van der Waals surface area contributed by atoms with Crippen molar-refractivity contribution in [2.24, 2.45) is 0 Å². The summed E-state index contributed by atoms with van der Waals surface area (Å²) in [5.41, 5.74) is 1.18. The third kappa shape index (κ3) is 4.64. The number of hydrogen-bond acceptors (Lipinski definition) is 4. The first kappa shape index (κ1) is 19.3. The van der Waals surface area contributed by atoms with E-state index < -0.39 is 17.6 Å². The Morgan fingerprint density at radius 2 is 1.82 bits per heavy atom. The molecule has 0 fully saturated rings. The van der Waals surface area contributed by atoms with Gasteiger partial charge < -0.3 is 10.6 Å². The van der Waals surface area contributed by atoms with Gasteiger partial charge in [0.1, 0.15) is 11.5 Å². The lowest BCUT2D eigenvalue weighted by Crippen LogP contribution is -2.15. The molecule has 3 rings (SSSR count). The third-order valence-corrected chi connectivity index (χ3v) is 3.99. The molecule has 2 N–H and O–H groups in total. The summed E-state index contributed by atoms with van der Waals surface area (Å²) in [6.07, 6.45) is -0.982. The highest BCUT2D eigenvalue weighted by molar-refractivity contribution is 6.02. The van der Waals surface area contributed by atoms with Gasteiger partial charge in [-0.1, -0.05) is 31.2 Å². The number of carbonyl (C=O) groups excluding carboxylic acids is 1. The topological polar surface area (TPSA) is 66.9 Å². The van der Waals surface area contributed by atoms with Crippen LogP contribution < -0.4 is 10.6 Å².